The van der Waals surface area contributed by atoms with Crippen molar-refractivity contribution in [3.8, 4) is 0 Å². The summed E-state index contributed by atoms with van der Waals surface area (Å²) in [6, 6.07) is 19.0. The number of anilines is 1. The van der Waals surface area contributed by atoms with E-state index in [1.807, 2.05) is 32.9 Å². The van der Waals surface area contributed by atoms with Gasteiger partial charge in [-0.05, 0) is 69.5 Å². The normalized spacial score (nSPS) is 15.3. The summed E-state index contributed by atoms with van der Waals surface area (Å²) in [7, 11) is 0. The number of hydrogen-bond donors (Lipinski definition) is 3. The molecule has 2 aromatic rings. The first kappa shape index (κ1) is 32.8. The summed E-state index contributed by atoms with van der Waals surface area (Å²) in [6.07, 6.45) is 2.96. The molecule has 1 heterocycles. The summed E-state index contributed by atoms with van der Waals surface area (Å²) >= 11 is 4.25. The molecule has 206 valence electrons. The first-order valence-corrected chi connectivity index (χ1v) is 14.2. The number of hydrogen-bond acceptors (Lipinski definition) is 5. The van der Waals surface area contributed by atoms with E-state index in [-0.39, 0.29) is 5.41 Å². The van der Waals surface area contributed by atoms with Gasteiger partial charge in [0, 0.05) is 41.3 Å². The molecule has 1 aliphatic rings. The number of nitrogens with two attached hydrogens (primary N) is 1. The Morgan fingerprint density at radius 1 is 1.03 bits per heavy atom. The van der Waals surface area contributed by atoms with Gasteiger partial charge < -0.3 is 20.7 Å². The van der Waals surface area contributed by atoms with Crippen LogP contribution in [0.2, 0.25) is 0 Å². The van der Waals surface area contributed by atoms with Crippen LogP contribution in [0.4, 0.5) is 5.69 Å². The Morgan fingerprint density at radius 2 is 1.62 bits per heavy atom. The van der Waals surface area contributed by atoms with Crippen molar-refractivity contribution in [2.45, 2.75) is 65.7 Å². The summed E-state index contributed by atoms with van der Waals surface area (Å²) in [4.78, 5) is 3.34. The van der Waals surface area contributed by atoms with Crippen molar-refractivity contribution >= 4 is 18.3 Å². The maximum atomic E-state index is 6.04. The second-order valence-electron chi connectivity index (χ2n) is 9.44. The van der Waals surface area contributed by atoms with Crippen LogP contribution in [-0.2, 0) is 11.2 Å². The van der Waals surface area contributed by atoms with Crippen molar-refractivity contribution in [2.24, 2.45) is 11.1 Å². The molecule has 0 amide bonds. The minimum absolute atomic E-state index is 0.0246. The molecule has 0 aromatic heterocycles. The van der Waals surface area contributed by atoms with Crippen LogP contribution in [-0.4, -0.2) is 39.4 Å². The van der Waals surface area contributed by atoms with Crippen molar-refractivity contribution in [3.05, 3.63) is 83.6 Å². The maximum absolute atomic E-state index is 6.04. The summed E-state index contributed by atoms with van der Waals surface area (Å²) in [5.74, 6) is 0. The Morgan fingerprint density at radius 3 is 2.14 bits per heavy atom. The van der Waals surface area contributed by atoms with Gasteiger partial charge in [0.2, 0.25) is 0 Å². The molecule has 0 saturated carbocycles. The Balaban J connectivity index is 0.000000385. The lowest BCUT2D eigenvalue weighted by molar-refractivity contribution is 0.122. The fourth-order valence-electron chi connectivity index (χ4n) is 4.42. The molecule has 2 aromatic carbocycles. The molecule has 5 heteroatoms. The average Bonchev–Trinajstić information content (AvgIpc) is 2.94. The van der Waals surface area contributed by atoms with E-state index in [9.17, 15) is 0 Å². The highest BCUT2D eigenvalue weighted by molar-refractivity contribution is 7.80. The molecule has 1 fully saturated rings. The molecule has 0 aliphatic carbocycles. The van der Waals surface area contributed by atoms with Gasteiger partial charge in [0.25, 0.3) is 0 Å². The lowest BCUT2D eigenvalue weighted by Crippen LogP contribution is -2.38. The standard InChI is InChI=1S/C20H32N2.C10H13NOS.C2H6/c1-6-17(4)20(15-22-7-2,13-16(3)18(5)21)14-19-11-9-8-10-12-19;13-10-3-1-9(2-4-10)11-5-7-12-8-6-11;1-2/h8-12,22H,4,6-7,13-15,21H2,1-3,5H3;1-4,13H,5-8H2;1-2H3/b18-16+;;. The second-order valence-corrected chi connectivity index (χ2v) is 9.95. The van der Waals surface area contributed by atoms with Crippen molar-refractivity contribution < 1.29 is 4.74 Å². The molecule has 3 rings (SSSR count). The number of allylic oxidation sites excluding steroid dienone is 2. The van der Waals surface area contributed by atoms with E-state index in [1.165, 1.54) is 22.4 Å². The molecule has 37 heavy (non-hydrogen) atoms. The van der Waals surface area contributed by atoms with Crippen LogP contribution in [0.3, 0.4) is 0 Å². The zero-order valence-electron chi connectivity index (χ0n) is 24.1. The van der Waals surface area contributed by atoms with E-state index in [0.29, 0.717) is 0 Å². The predicted molar refractivity (Wildman–Crippen MR) is 166 cm³/mol. The van der Waals surface area contributed by atoms with Gasteiger partial charge >= 0.3 is 0 Å². The third-order valence-corrected chi connectivity index (χ3v) is 7.08. The fourth-order valence-corrected chi connectivity index (χ4v) is 4.57. The first-order valence-electron chi connectivity index (χ1n) is 13.8. The van der Waals surface area contributed by atoms with Crippen LogP contribution < -0.4 is 16.0 Å². The van der Waals surface area contributed by atoms with Crippen molar-refractivity contribution in [2.75, 3.05) is 44.3 Å². The second kappa shape index (κ2) is 18.1. The van der Waals surface area contributed by atoms with Gasteiger partial charge in [-0.25, -0.2) is 0 Å². The maximum Gasteiger partial charge on any atom is 0.0642 e. The number of morpholine rings is 1. The van der Waals surface area contributed by atoms with Gasteiger partial charge in [-0.15, -0.1) is 12.6 Å². The minimum atomic E-state index is 0.0246. The average molecular weight is 526 g/mol. The Hall–Kier alpha value is -2.21. The summed E-state index contributed by atoms with van der Waals surface area (Å²) in [5.41, 5.74) is 12.2. The van der Waals surface area contributed by atoms with E-state index in [2.05, 4.69) is 92.7 Å². The molecule has 1 atom stereocenters. The summed E-state index contributed by atoms with van der Waals surface area (Å²) in [5, 5.41) is 3.54. The molecule has 1 unspecified atom stereocenters. The third-order valence-electron chi connectivity index (χ3n) is 6.78. The summed E-state index contributed by atoms with van der Waals surface area (Å²) in [6.45, 7) is 22.5. The zero-order chi connectivity index (χ0) is 27.7. The molecule has 0 bridgehead atoms. The van der Waals surface area contributed by atoms with E-state index < -0.39 is 0 Å². The monoisotopic (exact) mass is 525 g/mol. The summed E-state index contributed by atoms with van der Waals surface area (Å²) < 4.78 is 5.29. The quantitative estimate of drug-likeness (QED) is 0.225. The third kappa shape index (κ3) is 11.4. The van der Waals surface area contributed by atoms with E-state index in [0.717, 1.165) is 69.2 Å². The SMILES string of the molecule is C=C(CC)C(CNCC)(C/C(C)=C(\C)N)Cc1ccccc1.CC.Sc1ccc(N2CCOCC2)cc1. The van der Waals surface area contributed by atoms with Crippen LogP contribution in [0.5, 0.6) is 0 Å². The molecular formula is C32H51N3OS. The van der Waals surface area contributed by atoms with Gasteiger partial charge in [-0.1, -0.05) is 75.8 Å². The van der Waals surface area contributed by atoms with Gasteiger partial charge in [-0.3, -0.25) is 0 Å². The molecule has 1 saturated heterocycles. The van der Waals surface area contributed by atoms with Crippen molar-refractivity contribution in [3.63, 3.8) is 0 Å². The largest absolute Gasteiger partial charge is 0.402 e. The van der Waals surface area contributed by atoms with Crippen LogP contribution >= 0.6 is 12.6 Å². The Labute approximate surface area is 232 Å². The van der Waals surface area contributed by atoms with Crippen molar-refractivity contribution in [1.82, 2.24) is 5.32 Å². The fraction of sp³-hybridized carbons (Fsp3) is 0.500. The van der Waals surface area contributed by atoms with Crippen molar-refractivity contribution in [1.29, 1.82) is 0 Å². The lowest BCUT2D eigenvalue weighted by atomic mass is 9.70. The van der Waals surface area contributed by atoms with Crippen LogP contribution in [0.1, 0.15) is 59.9 Å². The highest BCUT2D eigenvalue weighted by atomic mass is 32.1. The van der Waals surface area contributed by atoms with Gasteiger partial charge in [0.05, 0.1) is 13.2 Å². The number of thiol groups is 1. The zero-order valence-corrected chi connectivity index (χ0v) is 25.0. The Kier molecular flexibility index (Phi) is 16.1. The first-order chi connectivity index (χ1) is 17.8. The highest BCUT2D eigenvalue weighted by Gasteiger charge is 2.32. The number of benzene rings is 2. The number of nitrogens with zero attached hydrogens (tertiary/aromatic N) is 1. The molecule has 1 aliphatic heterocycles. The van der Waals surface area contributed by atoms with Gasteiger partial charge in [-0.2, -0.15) is 0 Å². The van der Waals surface area contributed by atoms with Crippen LogP contribution in [0.25, 0.3) is 0 Å². The van der Waals surface area contributed by atoms with E-state index in [4.69, 9.17) is 10.5 Å². The molecule has 0 spiro atoms. The van der Waals surface area contributed by atoms with E-state index >= 15 is 0 Å². The smallest absolute Gasteiger partial charge is 0.0642 e. The number of nitrogens with one attached hydrogen (secondary N) is 1. The van der Waals surface area contributed by atoms with Crippen LogP contribution in [0, 0.1) is 5.41 Å². The Bertz CT molecular complexity index is 917. The molecule has 3 N–H and O–H groups in total. The lowest BCUT2D eigenvalue weighted by Gasteiger charge is -2.37. The van der Waals surface area contributed by atoms with Crippen LogP contribution in [0.15, 0.2) is 82.9 Å². The minimum Gasteiger partial charge on any atom is -0.402 e. The topological polar surface area (TPSA) is 50.5 Å². The van der Waals surface area contributed by atoms with Gasteiger partial charge in [0.1, 0.15) is 0 Å². The predicted octanol–water partition coefficient (Wildman–Crippen LogP) is 7.27. The van der Waals surface area contributed by atoms with E-state index in [1.54, 1.807) is 0 Å². The van der Waals surface area contributed by atoms with Gasteiger partial charge in [0.15, 0.2) is 0 Å². The molecule has 0 radical (unpaired) electrons. The molecular weight excluding hydrogens is 474 g/mol. The number of rotatable bonds is 10. The number of ether oxygens (including phenoxy) is 1. The highest BCUT2D eigenvalue weighted by Crippen LogP contribution is 2.38. The molecule has 4 nitrogen and oxygen atoms in total.